The summed E-state index contributed by atoms with van der Waals surface area (Å²) >= 11 is 1.86. The molecule has 0 atom stereocenters. The van der Waals surface area contributed by atoms with Gasteiger partial charge in [-0.1, -0.05) is 121 Å². The molecule has 0 saturated carbocycles. The first-order valence-corrected chi connectivity index (χ1v) is 18.0. The van der Waals surface area contributed by atoms with Crippen molar-refractivity contribution in [3.05, 3.63) is 152 Å². The largest absolute Gasteiger partial charge is 0.290 e. The van der Waals surface area contributed by atoms with Crippen LogP contribution in [0.15, 0.2) is 152 Å². The van der Waals surface area contributed by atoms with Crippen LogP contribution < -0.4 is 0 Å². The zero-order valence-corrected chi connectivity index (χ0v) is 27.9. The molecule has 0 spiro atoms. The second-order valence-electron chi connectivity index (χ2n) is 13.2. The van der Waals surface area contributed by atoms with Crippen molar-refractivity contribution in [1.29, 1.82) is 0 Å². The quantitative estimate of drug-likeness (QED) is 0.172. The zero-order chi connectivity index (χ0) is 33.2. The highest BCUT2D eigenvalue weighted by Gasteiger charge is 2.26. The number of benzene rings is 7. The second kappa shape index (κ2) is 9.97. The van der Waals surface area contributed by atoms with Crippen LogP contribution in [0, 0.1) is 0 Å². The molecule has 12 aromatic rings. The predicted octanol–water partition coefficient (Wildman–Crippen LogP) is 11.9. The summed E-state index contributed by atoms with van der Waals surface area (Å²) in [4.78, 5) is 16.5. The molecule has 0 bridgehead atoms. The molecule has 12 rings (SSSR count). The van der Waals surface area contributed by atoms with E-state index in [0.29, 0.717) is 0 Å². The van der Waals surface area contributed by atoms with Gasteiger partial charge in [0.1, 0.15) is 16.7 Å². The maximum absolute atomic E-state index is 5.74. The van der Waals surface area contributed by atoms with Gasteiger partial charge in [0.05, 0.1) is 32.3 Å². The SMILES string of the molecule is c1ccc(-c2nc3c(nc2-n2c4ccccc4c4c5ccccc5c5c6ccccc6sc5c42)c2ccccc2n2c4ccccc4nc32)cc1. The van der Waals surface area contributed by atoms with Crippen LogP contribution in [-0.2, 0) is 0 Å². The van der Waals surface area contributed by atoms with E-state index >= 15 is 0 Å². The van der Waals surface area contributed by atoms with Gasteiger partial charge < -0.3 is 0 Å². The Kier molecular flexibility index (Phi) is 5.32. The van der Waals surface area contributed by atoms with Crippen LogP contribution in [0.4, 0.5) is 0 Å². The van der Waals surface area contributed by atoms with Crippen LogP contribution in [-0.4, -0.2) is 23.9 Å². The molecular formula is C45H25N5S. The van der Waals surface area contributed by atoms with Gasteiger partial charge in [0.25, 0.3) is 0 Å². The number of para-hydroxylation sites is 4. The molecule has 7 aromatic carbocycles. The first-order chi connectivity index (χ1) is 25.3. The smallest absolute Gasteiger partial charge is 0.166 e. The monoisotopic (exact) mass is 667 g/mol. The molecule has 0 N–H and O–H groups in total. The predicted molar refractivity (Wildman–Crippen MR) is 213 cm³/mol. The number of pyridine rings is 1. The van der Waals surface area contributed by atoms with E-state index in [-0.39, 0.29) is 0 Å². The molecule has 0 amide bonds. The Morgan fingerprint density at radius 3 is 1.90 bits per heavy atom. The molecule has 0 aliphatic rings. The van der Waals surface area contributed by atoms with Crippen LogP contribution in [0.1, 0.15) is 0 Å². The number of nitrogens with zero attached hydrogens (tertiary/aromatic N) is 5. The number of fused-ring (bicyclic) bond motifs is 18. The molecule has 5 heterocycles. The Balaban J connectivity index is 1.35. The van der Waals surface area contributed by atoms with Gasteiger partial charge >= 0.3 is 0 Å². The third-order valence-electron chi connectivity index (χ3n) is 10.5. The van der Waals surface area contributed by atoms with Crippen molar-refractivity contribution in [2.24, 2.45) is 0 Å². The Labute approximate surface area is 294 Å². The Morgan fingerprint density at radius 2 is 1.08 bits per heavy atom. The number of hydrogen-bond acceptors (Lipinski definition) is 4. The minimum Gasteiger partial charge on any atom is -0.290 e. The van der Waals surface area contributed by atoms with Gasteiger partial charge in [0.2, 0.25) is 0 Å². The van der Waals surface area contributed by atoms with Gasteiger partial charge in [-0.2, -0.15) is 0 Å². The fourth-order valence-corrected chi connectivity index (χ4v) is 9.62. The van der Waals surface area contributed by atoms with Gasteiger partial charge in [-0.05, 0) is 41.1 Å². The van der Waals surface area contributed by atoms with Crippen molar-refractivity contribution >= 4 is 103 Å². The first-order valence-electron chi connectivity index (χ1n) is 17.1. The van der Waals surface area contributed by atoms with Crippen LogP contribution in [0.25, 0.3) is 108 Å². The van der Waals surface area contributed by atoms with Crippen LogP contribution in [0.3, 0.4) is 0 Å². The van der Waals surface area contributed by atoms with E-state index in [2.05, 4.69) is 155 Å². The van der Waals surface area contributed by atoms with E-state index in [1.54, 1.807) is 0 Å². The van der Waals surface area contributed by atoms with Crippen molar-refractivity contribution in [3.63, 3.8) is 0 Å². The minimum atomic E-state index is 0.783. The van der Waals surface area contributed by atoms with Crippen LogP contribution >= 0.6 is 11.3 Å². The number of thiophene rings is 1. The lowest BCUT2D eigenvalue weighted by atomic mass is 9.99. The van der Waals surface area contributed by atoms with Crippen molar-refractivity contribution in [2.45, 2.75) is 0 Å². The average molecular weight is 668 g/mol. The molecule has 51 heavy (non-hydrogen) atoms. The topological polar surface area (TPSA) is 48.0 Å². The number of imidazole rings is 1. The molecule has 0 saturated heterocycles. The molecule has 0 aliphatic heterocycles. The number of rotatable bonds is 2. The second-order valence-corrected chi connectivity index (χ2v) is 14.2. The normalized spacial score (nSPS) is 12.3. The van der Waals surface area contributed by atoms with Crippen molar-refractivity contribution in [3.8, 4) is 17.1 Å². The molecule has 0 fully saturated rings. The number of aromatic nitrogens is 5. The van der Waals surface area contributed by atoms with Crippen LogP contribution in [0.2, 0.25) is 0 Å². The molecule has 5 aromatic heterocycles. The fraction of sp³-hybridized carbons (Fsp3) is 0. The maximum Gasteiger partial charge on any atom is 0.166 e. The van der Waals surface area contributed by atoms with Gasteiger partial charge in [-0.3, -0.25) is 8.97 Å². The minimum absolute atomic E-state index is 0.783. The summed E-state index contributed by atoms with van der Waals surface area (Å²) < 4.78 is 7.16. The lowest BCUT2D eigenvalue weighted by molar-refractivity contribution is 1.08. The van der Waals surface area contributed by atoms with Gasteiger partial charge in [-0.25, -0.2) is 15.0 Å². The Bertz CT molecular complexity index is 3430. The number of hydrogen-bond donors (Lipinski definition) is 0. The molecule has 5 nitrogen and oxygen atoms in total. The van der Waals surface area contributed by atoms with E-state index in [4.69, 9.17) is 15.0 Å². The molecule has 0 aliphatic carbocycles. The third-order valence-corrected chi connectivity index (χ3v) is 11.6. The first kappa shape index (κ1) is 27.2. The van der Waals surface area contributed by atoms with Crippen LogP contribution in [0.5, 0.6) is 0 Å². The summed E-state index contributed by atoms with van der Waals surface area (Å²) in [7, 11) is 0. The van der Waals surface area contributed by atoms with Gasteiger partial charge in [-0.15, -0.1) is 11.3 Å². The van der Waals surface area contributed by atoms with E-state index in [9.17, 15) is 0 Å². The molecule has 0 radical (unpaired) electrons. The lowest BCUT2D eigenvalue weighted by Crippen LogP contribution is -2.05. The summed E-state index contributed by atoms with van der Waals surface area (Å²) in [6.45, 7) is 0. The zero-order valence-electron chi connectivity index (χ0n) is 27.1. The van der Waals surface area contributed by atoms with Crippen molar-refractivity contribution in [2.75, 3.05) is 0 Å². The van der Waals surface area contributed by atoms with Crippen molar-refractivity contribution < 1.29 is 0 Å². The van der Waals surface area contributed by atoms with E-state index in [1.165, 1.54) is 41.7 Å². The highest BCUT2D eigenvalue weighted by atomic mass is 32.1. The fourth-order valence-electron chi connectivity index (χ4n) is 8.36. The summed E-state index contributed by atoms with van der Waals surface area (Å²) in [5.41, 5.74) is 9.55. The summed E-state index contributed by atoms with van der Waals surface area (Å²) in [5.74, 6) is 0.805. The lowest BCUT2D eigenvalue weighted by Gasteiger charge is -2.16. The van der Waals surface area contributed by atoms with E-state index in [1.807, 2.05) is 17.4 Å². The highest BCUT2D eigenvalue weighted by Crippen LogP contribution is 2.48. The van der Waals surface area contributed by atoms with Crippen molar-refractivity contribution in [1.82, 2.24) is 23.9 Å². The van der Waals surface area contributed by atoms with E-state index < -0.39 is 0 Å². The summed E-state index contributed by atoms with van der Waals surface area (Å²) in [6.07, 6.45) is 0. The molecule has 6 heteroatoms. The molecular weight excluding hydrogens is 643 g/mol. The molecule has 0 unspecified atom stereocenters. The van der Waals surface area contributed by atoms with E-state index in [0.717, 1.165) is 66.7 Å². The standard InChI is InChI=1S/C45H25N5S/c1-2-14-26(15-3-1)39-44(48-40-30-19-7-11-23-34(30)49-35-24-12-9-21-32(35)46-45(49)41(40)47-39)50-33-22-10-6-18-29(33)37-27-16-4-5-17-28(27)38-31-20-8-13-25-36(31)51-43(38)42(37)50/h1-25H. The van der Waals surface area contributed by atoms with Gasteiger partial charge in [0, 0.05) is 37.2 Å². The third kappa shape index (κ3) is 3.56. The molecule has 236 valence electrons. The Hall–Kier alpha value is -6.63. The van der Waals surface area contributed by atoms with Gasteiger partial charge in [0.15, 0.2) is 11.5 Å². The maximum atomic E-state index is 5.74. The summed E-state index contributed by atoms with van der Waals surface area (Å²) in [5, 5.41) is 8.55. The highest BCUT2D eigenvalue weighted by molar-refractivity contribution is 7.27. The average Bonchev–Trinajstić information content (AvgIpc) is 3.89. The summed E-state index contributed by atoms with van der Waals surface area (Å²) in [6, 6.07) is 53.7. The Morgan fingerprint density at radius 1 is 0.451 bits per heavy atom.